The molecule has 2 fully saturated rings. The minimum Gasteiger partial charge on any atom is -0.373 e. The molecule has 0 radical (unpaired) electrons. The number of ether oxygens (including phenoxy) is 1. The lowest BCUT2D eigenvalue weighted by molar-refractivity contribution is -0.0777. The SMILES string of the molecule is CCCC1CCC(NCC)C(OC2CCCC(CC)C2)C1. The van der Waals surface area contributed by atoms with E-state index in [1.807, 2.05) is 0 Å². The summed E-state index contributed by atoms with van der Waals surface area (Å²) in [6.07, 6.45) is 14.5. The van der Waals surface area contributed by atoms with Gasteiger partial charge in [-0.3, -0.25) is 0 Å². The third-order valence-electron chi connectivity index (χ3n) is 5.74. The molecule has 2 heteroatoms. The number of hydrogen-bond acceptors (Lipinski definition) is 2. The van der Waals surface area contributed by atoms with Gasteiger partial charge in [0, 0.05) is 6.04 Å². The second-order valence-corrected chi connectivity index (χ2v) is 7.37. The van der Waals surface area contributed by atoms with Crippen molar-refractivity contribution in [2.24, 2.45) is 11.8 Å². The second kappa shape index (κ2) is 9.15. The van der Waals surface area contributed by atoms with E-state index in [9.17, 15) is 0 Å². The smallest absolute Gasteiger partial charge is 0.0734 e. The van der Waals surface area contributed by atoms with Gasteiger partial charge in [-0.25, -0.2) is 0 Å². The number of nitrogens with one attached hydrogen (secondary N) is 1. The predicted molar refractivity (Wildman–Crippen MR) is 90.6 cm³/mol. The summed E-state index contributed by atoms with van der Waals surface area (Å²) in [5, 5.41) is 3.69. The van der Waals surface area contributed by atoms with Crippen LogP contribution in [0.5, 0.6) is 0 Å². The standard InChI is InChI=1S/C19H37NO/c1-4-8-16-11-12-18(20-6-3)19(14-16)21-17-10-7-9-15(5-2)13-17/h15-20H,4-14H2,1-3H3. The molecule has 2 saturated carbocycles. The summed E-state index contributed by atoms with van der Waals surface area (Å²) in [5.41, 5.74) is 0. The second-order valence-electron chi connectivity index (χ2n) is 7.37. The molecule has 5 atom stereocenters. The van der Waals surface area contributed by atoms with E-state index in [0.717, 1.165) is 18.4 Å². The molecular formula is C19H37NO. The number of hydrogen-bond donors (Lipinski definition) is 1. The summed E-state index contributed by atoms with van der Waals surface area (Å²) in [7, 11) is 0. The fourth-order valence-corrected chi connectivity index (χ4v) is 4.51. The van der Waals surface area contributed by atoms with E-state index in [4.69, 9.17) is 4.74 Å². The quantitative estimate of drug-likeness (QED) is 0.720. The fourth-order valence-electron chi connectivity index (χ4n) is 4.51. The molecule has 2 rings (SSSR count). The van der Waals surface area contributed by atoms with Gasteiger partial charge in [0.15, 0.2) is 0 Å². The third-order valence-corrected chi connectivity index (χ3v) is 5.74. The van der Waals surface area contributed by atoms with E-state index in [1.165, 1.54) is 64.2 Å². The minimum absolute atomic E-state index is 0.468. The molecule has 1 N–H and O–H groups in total. The van der Waals surface area contributed by atoms with Crippen molar-refractivity contribution in [3.05, 3.63) is 0 Å². The fraction of sp³-hybridized carbons (Fsp3) is 1.00. The van der Waals surface area contributed by atoms with Gasteiger partial charge >= 0.3 is 0 Å². The topological polar surface area (TPSA) is 21.3 Å². The lowest BCUT2D eigenvalue weighted by Gasteiger charge is -2.40. The Morgan fingerprint density at radius 2 is 1.81 bits per heavy atom. The Labute approximate surface area is 132 Å². The molecule has 0 aromatic heterocycles. The summed E-state index contributed by atoms with van der Waals surface area (Å²) in [6, 6.07) is 0.602. The number of rotatable bonds is 7. The minimum atomic E-state index is 0.468. The van der Waals surface area contributed by atoms with Gasteiger partial charge in [0.1, 0.15) is 0 Å². The first-order valence-electron chi connectivity index (χ1n) is 9.65. The monoisotopic (exact) mass is 295 g/mol. The van der Waals surface area contributed by atoms with Crippen molar-refractivity contribution in [1.29, 1.82) is 0 Å². The van der Waals surface area contributed by atoms with Gasteiger partial charge in [-0.2, -0.15) is 0 Å². The van der Waals surface area contributed by atoms with E-state index < -0.39 is 0 Å². The molecule has 0 aliphatic heterocycles. The van der Waals surface area contributed by atoms with Gasteiger partial charge in [-0.1, -0.05) is 52.9 Å². The summed E-state index contributed by atoms with van der Waals surface area (Å²) in [4.78, 5) is 0. The van der Waals surface area contributed by atoms with Gasteiger partial charge in [-0.15, -0.1) is 0 Å². The zero-order chi connectivity index (χ0) is 15.1. The van der Waals surface area contributed by atoms with E-state index in [1.54, 1.807) is 0 Å². The largest absolute Gasteiger partial charge is 0.373 e. The van der Waals surface area contributed by atoms with Crippen molar-refractivity contribution in [2.45, 2.75) is 103 Å². The predicted octanol–water partition coefficient (Wildman–Crippen LogP) is 4.92. The molecule has 0 spiro atoms. The van der Waals surface area contributed by atoms with E-state index in [2.05, 4.69) is 26.1 Å². The van der Waals surface area contributed by atoms with Crippen molar-refractivity contribution < 1.29 is 4.74 Å². The average Bonchev–Trinajstić information content (AvgIpc) is 2.50. The van der Waals surface area contributed by atoms with Crippen LogP contribution in [0.15, 0.2) is 0 Å². The Hall–Kier alpha value is -0.0800. The van der Waals surface area contributed by atoms with Crippen LogP contribution >= 0.6 is 0 Å². The summed E-state index contributed by atoms with van der Waals surface area (Å²) in [5.74, 6) is 1.82. The molecule has 0 bridgehead atoms. The Bertz CT molecular complexity index is 281. The molecular weight excluding hydrogens is 258 g/mol. The molecule has 0 aromatic carbocycles. The zero-order valence-electron chi connectivity index (χ0n) is 14.6. The Kier molecular flexibility index (Phi) is 7.53. The van der Waals surface area contributed by atoms with Crippen LogP contribution in [0.1, 0.15) is 85.0 Å². The molecule has 0 saturated heterocycles. The summed E-state index contributed by atoms with van der Waals surface area (Å²) >= 11 is 0. The van der Waals surface area contributed by atoms with Crippen LogP contribution in [0.2, 0.25) is 0 Å². The van der Waals surface area contributed by atoms with Crippen LogP contribution in [-0.4, -0.2) is 24.8 Å². The van der Waals surface area contributed by atoms with Crippen LogP contribution in [0, 0.1) is 11.8 Å². The van der Waals surface area contributed by atoms with Crippen LogP contribution in [0.4, 0.5) is 0 Å². The Morgan fingerprint density at radius 1 is 0.952 bits per heavy atom. The van der Waals surface area contributed by atoms with E-state index >= 15 is 0 Å². The first kappa shape index (κ1) is 17.3. The van der Waals surface area contributed by atoms with Crippen LogP contribution in [0.3, 0.4) is 0 Å². The van der Waals surface area contributed by atoms with Crippen molar-refractivity contribution >= 4 is 0 Å². The van der Waals surface area contributed by atoms with Crippen molar-refractivity contribution in [2.75, 3.05) is 6.54 Å². The van der Waals surface area contributed by atoms with Gasteiger partial charge in [0.25, 0.3) is 0 Å². The first-order valence-corrected chi connectivity index (χ1v) is 9.65. The highest BCUT2D eigenvalue weighted by Gasteiger charge is 2.33. The highest BCUT2D eigenvalue weighted by molar-refractivity contribution is 4.87. The molecule has 5 unspecified atom stereocenters. The first-order chi connectivity index (χ1) is 10.3. The maximum absolute atomic E-state index is 6.64. The Morgan fingerprint density at radius 3 is 2.52 bits per heavy atom. The van der Waals surface area contributed by atoms with E-state index in [-0.39, 0.29) is 0 Å². The summed E-state index contributed by atoms with van der Waals surface area (Å²) < 4.78 is 6.64. The zero-order valence-corrected chi connectivity index (χ0v) is 14.6. The molecule has 2 aliphatic carbocycles. The molecule has 2 nitrogen and oxygen atoms in total. The highest BCUT2D eigenvalue weighted by atomic mass is 16.5. The van der Waals surface area contributed by atoms with Crippen molar-refractivity contribution in [3.8, 4) is 0 Å². The maximum Gasteiger partial charge on any atom is 0.0734 e. The third kappa shape index (κ3) is 5.25. The van der Waals surface area contributed by atoms with Crippen LogP contribution < -0.4 is 5.32 Å². The average molecular weight is 296 g/mol. The molecule has 0 aromatic rings. The normalized spacial score (nSPS) is 37.6. The van der Waals surface area contributed by atoms with Crippen molar-refractivity contribution in [3.63, 3.8) is 0 Å². The maximum atomic E-state index is 6.64. The van der Waals surface area contributed by atoms with Gasteiger partial charge in [0.2, 0.25) is 0 Å². The number of likely N-dealkylation sites (N-methyl/N-ethyl adjacent to an activating group) is 1. The lowest BCUT2D eigenvalue weighted by Crippen LogP contribution is -2.47. The highest BCUT2D eigenvalue weighted by Crippen LogP contribution is 2.34. The van der Waals surface area contributed by atoms with Crippen LogP contribution in [-0.2, 0) is 4.74 Å². The molecule has 0 amide bonds. The van der Waals surface area contributed by atoms with E-state index in [0.29, 0.717) is 18.2 Å². The Balaban J connectivity index is 1.88. The van der Waals surface area contributed by atoms with Crippen molar-refractivity contribution in [1.82, 2.24) is 5.32 Å². The summed E-state index contributed by atoms with van der Waals surface area (Å²) in [6.45, 7) is 7.96. The van der Waals surface area contributed by atoms with Gasteiger partial charge in [0.05, 0.1) is 12.2 Å². The van der Waals surface area contributed by atoms with Gasteiger partial charge < -0.3 is 10.1 Å². The van der Waals surface area contributed by atoms with Crippen LogP contribution in [0.25, 0.3) is 0 Å². The lowest BCUT2D eigenvalue weighted by atomic mass is 9.80. The molecule has 21 heavy (non-hydrogen) atoms. The molecule has 2 aliphatic rings. The van der Waals surface area contributed by atoms with Gasteiger partial charge in [-0.05, 0) is 50.5 Å². The molecule has 124 valence electrons. The molecule has 0 heterocycles.